The van der Waals surface area contributed by atoms with Crippen LogP contribution in [0.5, 0.6) is 0 Å². The molecule has 9 heteroatoms. The number of methoxy groups -OCH3 is 1. The number of benzene rings is 2. The Morgan fingerprint density at radius 3 is 2.38 bits per heavy atom. The Bertz CT molecular complexity index is 914. The van der Waals surface area contributed by atoms with E-state index in [2.05, 4.69) is 30.6 Å². The third kappa shape index (κ3) is 4.19. The molecule has 132 valence electrons. The lowest BCUT2D eigenvalue weighted by Gasteiger charge is -2.10. The molecule has 1 aromatic heterocycles. The highest BCUT2D eigenvalue weighted by molar-refractivity contribution is 6.39. The fraction of sp³-hybridized carbons (Fsp3) is 0.0588. The predicted molar refractivity (Wildman–Crippen MR) is 101 cm³/mol. The molecule has 0 aliphatic heterocycles. The molecular formula is C17H13Cl2N5O2. The molecule has 0 aliphatic rings. The first-order chi connectivity index (χ1) is 12.6. The summed E-state index contributed by atoms with van der Waals surface area (Å²) in [6.07, 6.45) is 1.45. The van der Waals surface area contributed by atoms with Crippen LogP contribution in [0.1, 0.15) is 10.4 Å². The van der Waals surface area contributed by atoms with Gasteiger partial charge in [0.05, 0.1) is 34.6 Å². The van der Waals surface area contributed by atoms with Crippen LogP contribution in [0.3, 0.4) is 0 Å². The van der Waals surface area contributed by atoms with Gasteiger partial charge in [0.25, 0.3) is 0 Å². The number of nitrogens with one attached hydrogen (secondary N) is 2. The van der Waals surface area contributed by atoms with Crippen molar-refractivity contribution in [3.8, 4) is 0 Å². The monoisotopic (exact) mass is 389 g/mol. The second kappa shape index (κ2) is 7.99. The summed E-state index contributed by atoms with van der Waals surface area (Å²) >= 11 is 12.3. The minimum absolute atomic E-state index is 0.268. The van der Waals surface area contributed by atoms with Crippen molar-refractivity contribution in [3.05, 3.63) is 64.3 Å². The number of ether oxygens (including phenoxy) is 1. The second-order valence-electron chi connectivity index (χ2n) is 5.08. The number of nitrogens with zero attached hydrogens (tertiary/aromatic N) is 3. The number of rotatable bonds is 5. The number of hydrogen-bond donors (Lipinski definition) is 2. The van der Waals surface area contributed by atoms with Crippen molar-refractivity contribution >= 4 is 52.3 Å². The van der Waals surface area contributed by atoms with Crippen LogP contribution in [0, 0.1) is 0 Å². The first-order valence-corrected chi connectivity index (χ1v) is 8.18. The normalized spacial score (nSPS) is 10.3. The molecule has 0 fully saturated rings. The van der Waals surface area contributed by atoms with E-state index in [0.29, 0.717) is 32.8 Å². The number of esters is 1. The summed E-state index contributed by atoms with van der Waals surface area (Å²) in [7, 11) is 1.33. The molecule has 2 aromatic carbocycles. The van der Waals surface area contributed by atoms with Crippen LogP contribution in [-0.2, 0) is 4.74 Å². The third-order valence-corrected chi connectivity index (χ3v) is 3.97. The Morgan fingerprint density at radius 2 is 1.73 bits per heavy atom. The highest BCUT2D eigenvalue weighted by Gasteiger charge is 2.09. The van der Waals surface area contributed by atoms with E-state index in [4.69, 9.17) is 23.2 Å². The molecule has 1 heterocycles. The SMILES string of the molecule is COC(=O)c1ccc(Nc2nncc(Nc3c(Cl)cccc3Cl)n2)cc1. The lowest BCUT2D eigenvalue weighted by atomic mass is 10.2. The van der Waals surface area contributed by atoms with E-state index in [0.717, 1.165) is 0 Å². The number of hydrogen-bond acceptors (Lipinski definition) is 7. The van der Waals surface area contributed by atoms with Gasteiger partial charge in [-0.1, -0.05) is 29.3 Å². The van der Waals surface area contributed by atoms with Gasteiger partial charge in [0.1, 0.15) is 0 Å². The van der Waals surface area contributed by atoms with Gasteiger partial charge in [0.15, 0.2) is 5.82 Å². The van der Waals surface area contributed by atoms with Gasteiger partial charge in [-0.2, -0.15) is 10.1 Å². The zero-order valence-electron chi connectivity index (χ0n) is 13.5. The molecule has 0 amide bonds. The molecule has 0 aliphatic carbocycles. The number of anilines is 4. The van der Waals surface area contributed by atoms with E-state index in [1.807, 2.05) is 0 Å². The Morgan fingerprint density at radius 1 is 1.04 bits per heavy atom. The van der Waals surface area contributed by atoms with Gasteiger partial charge in [-0.3, -0.25) is 0 Å². The Kier molecular flexibility index (Phi) is 5.50. The van der Waals surface area contributed by atoms with Crippen LogP contribution < -0.4 is 10.6 Å². The summed E-state index contributed by atoms with van der Waals surface area (Å²) in [6, 6.07) is 11.9. The molecule has 7 nitrogen and oxygen atoms in total. The summed E-state index contributed by atoms with van der Waals surface area (Å²) < 4.78 is 4.66. The average molecular weight is 390 g/mol. The van der Waals surface area contributed by atoms with Crippen molar-refractivity contribution in [2.75, 3.05) is 17.7 Å². The zero-order chi connectivity index (χ0) is 18.5. The van der Waals surface area contributed by atoms with Crippen molar-refractivity contribution in [2.24, 2.45) is 0 Å². The first kappa shape index (κ1) is 17.9. The molecule has 0 saturated heterocycles. The van der Waals surface area contributed by atoms with E-state index in [-0.39, 0.29) is 5.95 Å². The second-order valence-corrected chi connectivity index (χ2v) is 5.90. The van der Waals surface area contributed by atoms with Crippen LogP contribution >= 0.6 is 23.2 Å². The fourth-order valence-corrected chi connectivity index (χ4v) is 2.59. The fourth-order valence-electron chi connectivity index (χ4n) is 2.10. The van der Waals surface area contributed by atoms with Gasteiger partial charge in [0.2, 0.25) is 5.95 Å². The molecule has 0 saturated carbocycles. The number of para-hydroxylation sites is 1. The molecule has 2 N–H and O–H groups in total. The van der Waals surface area contributed by atoms with Gasteiger partial charge < -0.3 is 15.4 Å². The molecule has 0 unspecified atom stereocenters. The summed E-state index contributed by atoms with van der Waals surface area (Å²) in [5.74, 6) is 0.282. The standard InChI is InChI=1S/C17H13Cl2N5O2/c1-26-16(25)10-5-7-11(8-6-10)21-17-23-14(9-20-24-17)22-15-12(18)3-2-4-13(15)19/h2-9H,1H3,(H2,21,22,23,24). The molecule has 0 atom stereocenters. The minimum atomic E-state index is -0.405. The van der Waals surface area contributed by atoms with Crippen LogP contribution in [0.4, 0.5) is 23.1 Å². The number of carbonyl (C=O) groups is 1. The third-order valence-electron chi connectivity index (χ3n) is 3.34. The smallest absolute Gasteiger partial charge is 0.337 e. The largest absolute Gasteiger partial charge is 0.465 e. The molecule has 26 heavy (non-hydrogen) atoms. The van der Waals surface area contributed by atoms with Crippen molar-refractivity contribution < 1.29 is 9.53 Å². The minimum Gasteiger partial charge on any atom is -0.465 e. The van der Waals surface area contributed by atoms with Crippen LogP contribution in [-0.4, -0.2) is 28.3 Å². The quantitative estimate of drug-likeness (QED) is 0.622. The molecular weight excluding hydrogens is 377 g/mol. The maximum Gasteiger partial charge on any atom is 0.337 e. The lowest BCUT2D eigenvalue weighted by Crippen LogP contribution is -2.04. The maximum absolute atomic E-state index is 11.4. The predicted octanol–water partition coefficient (Wildman–Crippen LogP) is 4.45. The van der Waals surface area contributed by atoms with Crippen molar-refractivity contribution in [1.29, 1.82) is 0 Å². The summed E-state index contributed by atoms with van der Waals surface area (Å²) in [5.41, 5.74) is 1.66. The van der Waals surface area contributed by atoms with Crippen molar-refractivity contribution in [2.45, 2.75) is 0 Å². The van der Waals surface area contributed by atoms with Gasteiger partial charge >= 0.3 is 5.97 Å². The van der Waals surface area contributed by atoms with E-state index in [9.17, 15) is 4.79 Å². The van der Waals surface area contributed by atoms with Gasteiger partial charge in [-0.25, -0.2) is 4.79 Å². The maximum atomic E-state index is 11.4. The van der Waals surface area contributed by atoms with Crippen LogP contribution in [0.25, 0.3) is 0 Å². The van der Waals surface area contributed by atoms with E-state index in [1.54, 1.807) is 42.5 Å². The number of halogens is 2. The zero-order valence-corrected chi connectivity index (χ0v) is 15.0. The van der Waals surface area contributed by atoms with E-state index < -0.39 is 5.97 Å². The van der Waals surface area contributed by atoms with Gasteiger partial charge in [-0.05, 0) is 36.4 Å². The first-order valence-electron chi connectivity index (χ1n) is 7.43. The van der Waals surface area contributed by atoms with Crippen molar-refractivity contribution in [3.63, 3.8) is 0 Å². The average Bonchev–Trinajstić information content (AvgIpc) is 2.65. The highest BCUT2D eigenvalue weighted by atomic mass is 35.5. The van der Waals surface area contributed by atoms with Crippen molar-refractivity contribution in [1.82, 2.24) is 15.2 Å². The Labute approximate surface area is 159 Å². The van der Waals surface area contributed by atoms with E-state index >= 15 is 0 Å². The number of aromatic nitrogens is 3. The lowest BCUT2D eigenvalue weighted by molar-refractivity contribution is 0.0601. The van der Waals surface area contributed by atoms with Crippen LogP contribution in [0.15, 0.2) is 48.7 Å². The number of carbonyl (C=O) groups excluding carboxylic acids is 1. The summed E-state index contributed by atoms with van der Waals surface area (Å²) in [4.78, 5) is 15.8. The van der Waals surface area contributed by atoms with E-state index in [1.165, 1.54) is 13.3 Å². The Balaban J connectivity index is 1.76. The summed E-state index contributed by atoms with van der Waals surface area (Å²) in [5, 5.41) is 14.8. The van der Waals surface area contributed by atoms with Crippen LogP contribution in [0.2, 0.25) is 10.0 Å². The topological polar surface area (TPSA) is 89.0 Å². The Hall–Kier alpha value is -2.90. The van der Waals surface area contributed by atoms with Gasteiger partial charge in [0, 0.05) is 5.69 Å². The van der Waals surface area contributed by atoms with Gasteiger partial charge in [-0.15, -0.1) is 5.10 Å². The molecule has 0 bridgehead atoms. The molecule has 0 spiro atoms. The summed E-state index contributed by atoms with van der Waals surface area (Å²) in [6.45, 7) is 0. The molecule has 0 radical (unpaired) electrons. The molecule has 3 aromatic rings. The highest BCUT2D eigenvalue weighted by Crippen LogP contribution is 2.32. The molecule has 3 rings (SSSR count).